The number of likely N-dealkylation sites (N-methyl/N-ethyl adjacent to an activating group) is 1. The summed E-state index contributed by atoms with van der Waals surface area (Å²) in [7, 11) is 1.73. The van der Waals surface area contributed by atoms with Gasteiger partial charge in [0.25, 0.3) is 0 Å². The smallest absolute Gasteiger partial charge is 0.243 e. The third-order valence-corrected chi connectivity index (χ3v) is 6.97. The van der Waals surface area contributed by atoms with Gasteiger partial charge in [0.2, 0.25) is 15.9 Å². The highest BCUT2D eigenvalue weighted by Crippen LogP contribution is 2.33. The summed E-state index contributed by atoms with van der Waals surface area (Å²) in [6, 6.07) is 15.8. The average molecular weight is 521 g/mol. The van der Waals surface area contributed by atoms with Crippen LogP contribution in [0.3, 0.4) is 0 Å². The molecule has 0 spiro atoms. The van der Waals surface area contributed by atoms with Gasteiger partial charge in [-0.15, -0.1) is 0 Å². The van der Waals surface area contributed by atoms with E-state index in [4.69, 9.17) is 30.5 Å². The molecule has 3 aromatic carbocycles. The normalized spacial score (nSPS) is 11.1. The molecule has 3 rings (SSSR count). The molecule has 0 saturated heterocycles. The number of methoxy groups -OCH3 is 3. The number of carbonyl (C=O) groups excluding carboxylic acids is 1. The summed E-state index contributed by atoms with van der Waals surface area (Å²) in [5.74, 6) is 1.57. The van der Waals surface area contributed by atoms with E-state index in [-0.39, 0.29) is 16.3 Å². The molecule has 186 valence electrons. The van der Waals surface area contributed by atoms with Gasteiger partial charge in [0.15, 0.2) is 17.2 Å². The van der Waals surface area contributed by atoms with Crippen molar-refractivity contribution in [3.8, 4) is 28.7 Å². The molecular weight excluding hydrogens is 496 g/mol. The first kappa shape index (κ1) is 26.1. The molecule has 0 aliphatic carbocycles. The van der Waals surface area contributed by atoms with Gasteiger partial charge in [0.1, 0.15) is 11.5 Å². The fraction of sp³-hybridized carbons (Fsp3) is 0.208. The number of rotatable bonds is 10. The van der Waals surface area contributed by atoms with Gasteiger partial charge in [-0.1, -0.05) is 11.6 Å². The van der Waals surface area contributed by atoms with E-state index in [1.165, 1.54) is 45.5 Å². The Morgan fingerprint density at radius 2 is 1.49 bits per heavy atom. The van der Waals surface area contributed by atoms with Gasteiger partial charge in [-0.2, -0.15) is 4.31 Å². The van der Waals surface area contributed by atoms with Crippen LogP contribution in [0.25, 0.3) is 0 Å². The van der Waals surface area contributed by atoms with Crippen molar-refractivity contribution in [3.63, 3.8) is 0 Å². The molecule has 1 amide bonds. The molecule has 0 bridgehead atoms. The minimum absolute atomic E-state index is 0.0447. The fourth-order valence-corrected chi connectivity index (χ4v) is 4.41. The summed E-state index contributed by atoms with van der Waals surface area (Å²) in [6.45, 7) is -0.453. The number of nitrogens with zero attached hydrogens (tertiary/aromatic N) is 1. The van der Waals surface area contributed by atoms with Gasteiger partial charge in [0.05, 0.1) is 38.5 Å². The summed E-state index contributed by atoms with van der Waals surface area (Å²) in [5, 5.41) is 3.03. The van der Waals surface area contributed by atoms with E-state index in [1.807, 2.05) is 0 Å². The van der Waals surface area contributed by atoms with Crippen LogP contribution in [0, 0.1) is 0 Å². The maximum atomic E-state index is 13.0. The molecule has 3 aromatic rings. The zero-order chi connectivity index (χ0) is 25.6. The second-order valence-corrected chi connectivity index (χ2v) is 9.73. The highest BCUT2D eigenvalue weighted by Gasteiger charge is 2.25. The molecule has 0 aliphatic heterocycles. The van der Waals surface area contributed by atoms with E-state index < -0.39 is 22.5 Å². The van der Waals surface area contributed by atoms with Gasteiger partial charge < -0.3 is 24.3 Å². The van der Waals surface area contributed by atoms with Gasteiger partial charge in [-0.05, 0) is 54.6 Å². The Labute approximate surface area is 209 Å². The number of ether oxygens (including phenoxy) is 4. The number of sulfonamides is 1. The first-order valence-electron chi connectivity index (χ1n) is 10.3. The van der Waals surface area contributed by atoms with E-state index in [0.717, 1.165) is 4.31 Å². The number of amides is 1. The van der Waals surface area contributed by atoms with Crippen LogP contribution in [0.4, 0.5) is 5.69 Å². The molecule has 0 saturated carbocycles. The van der Waals surface area contributed by atoms with Crippen molar-refractivity contribution in [1.82, 2.24) is 4.31 Å². The number of hydrogen-bond donors (Lipinski definition) is 1. The van der Waals surface area contributed by atoms with Crippen LogP contribution in [0.5, 0.6) is 28.7 Å². The molecule has 0 fully saturated rings. The summed E-state index contributed by atoms with van der Waals surface area (Å²) >= 11 is 6.10. The zero-order valence-corrected chi connectivity index (χ0v) is 21.1. The highest BCUT2D eigenvalue weighted by molar-refractivity contribution is 7.89. The largest absolute Gasteiger partial charge is 0.497 e. The molecule has 9 nitrogen and oxygen atoms in total. The second kappa shape index (κ2) is 11.3. The number of halogens is 1. The topological polar surface area (TPSA) is 103 Å². The lowest BCUT2D eigenvalue weighted by molar-refractivity contribution is -0.116. The van der Waals surface area contributed by atoms with Crippen LogP contribution in [0.2, 0.25) is 5.02 Å². The lowest BCUT2D eigenvalue weighted by Gasteiger charge is -2.19. The number of anilines is 1. The molecule has 0 unspecified atom stereocenters. The molecule has 11 heteroatoms. The Kier molecular flexibility index (Phi) is 8.44. The number of nitrogens with one attached hydrogen (secondary N) is 1. The third kappa shape index (κ3) is 6.36. The van der Waals surface area contributed by atoms with Crippen LogP contribution in [0.1, 0.15) is 0 Å². The zero-order valence-electron chi connectivity index (χ0n) is 19.6. The number of carbonyl (C=O) groups is 1. The molecule has 35 heavy (non-hydrogen) atoms. The predicted molar refractivity (Wildman–Crippen MR) is 133 cm³/mol. The van der Waals surface area contributed by atoms with Gasteiger partial charge in [-0.25, -0.2) is 8.42 Å². The summed E-state index contributed by atoms with van der Waals surface area (Å²) < 4.78 is 48.2. The van der Waals surface area contributed by atoms with Crippen molar-refractivity contribution in [2.45, 2.75) is 4.90 Å². The van der Waals surface area contributed by atoms with Crippen LogP contribution < -0.4 is 24.3 Å². The lowest BCUT2D eigenvalue weighted by Crippen LogP contribution is -2.35. The molecule has 0 atom stereocenters. The van der Waals surface area contributed by atoms with Gasteiger partial charge in [0, 0.05) is 18.1 Å². The van der Waals surface area contributed by atoms with Crippen molar-refractivity contribution in [2.24, 2.45) is 0 Å². The maximum absolute atomic E-state index is 13.0. The van der Waals surface area contributed by atoms with E-state index in [1.54, 1.807) is 43.5 Å². The van der Waals surface area contributed by atoms with Gasteiger partial charge in [-0.3, -0.25) is 4.79 Å². The average Bonchev–Trinajstić information content (AvgIpc) is 2.85. The van der Waals surface area contributed by atoms with Crippen molar-refractivity contribution in [3.05, 3.63) is 65.7 Å². The Morgan fingerprint density at radius 1 is 0.857 bits per heavy atom. The Balaban J connectivity index is 1.75. The summed E-state index contributed by atoms with van der Waals surface area (Å²) in [4.78, 5) is 12.7. The van der Waals surface area contributed by atoms with Crippen molar-refractivity contribution in [2.75, 3.05) is 40.2 Å². The summed E-state index contributed by atoms with van der Waals surface area (Å²) in [6.07, 6.45) is 0. The predicted octanol–water partition coefficient (Wildman–Crippen LogP) is 4.42. The third-order valence-electron chi connectivity index (χ3n) is 4.93. The van der Waals surface area contributed by atoms with E-state index >= 15 is 0 Å². The van der Waals surface area contributed by atoms with Crippen LogP contribution in [-0.2, 0) is 14.8 Å². The SMILES string of the molecule is COc1ccc(Oc2ccc(Cl)cc2NC(=O)CN(C)S(=O)(=O)c2ccc(OC)c(OC)c2)cc1. The van der Waals surface area contributed by atoms with Gasteiger partial charge >= 0.3 is 0 Å². The minimum atomic E-state index is -3.99. The molecule has 0 aromatic heterocycles. The standard InChI is InChI=1S/C24H25ClN2O7S/c1-27(35(29,30)19-10-12-22(32-3)23(14-19)33-4)15-24(28)26-20-13-16(25)5-11-21(20)34-18-8-6-17(31-2)7-9-18/h5-14H,15H2,1-4H3,(H,26,28). The van der Waals surface area contributed by atoms with E-state index in [0.29, 0.717) is 28.0 Å². The number of hydrogen-bond acceptors (Lipinski definition) is 7. The molecular formula is C24H25ClN2O7S. The first-order chi connectivity index (χ1) is 16.7. The summed E-state index contributed by atoms with van der Waals surface area (Å²) in [5.41, 5.74) is 0.287. The highest BCUT2D eigenvalue weighted by atomic mass is 35.5. The Bertz CT molecular complexity index is 1300. The second-order valence-electron chi connectivity index (χ2n) is 7.24. The van der Waals surface area contributed by atoms with E-state index in [9.17, 15) is 13.2 Å². The van der Waals surface area contributed by atoms with Crippen LogP contribution in [0.15, 0.2) is 65.6 Å². The molecule has 1 N–H and O–H groups in total. The van der Waals surface area contributed by atoms with Crippen molar-refractivity contribution >= 4 is 33.2 Å². The molecule has 0 radical (unpaired) electrons. The quantitative estimate of drug-likeness (QED) is 0.422. The monoisotopic (exact) mass is 520 g/mol. The molecule has 0 heterocycles. The Hall–Kier alpha value is -3.47. The first-order valence-corrected chi connectivity index (χ1v) is 12.1. The van der Waals surface area contributed by atoms with Crippen LogP contribution >= 0.6 is 11.6 Å². The molecule has 0 aliphatic rings. The fourth-order valence-electron chi connectivity index (χ4n) is 3.09. The van der Waals surface area contributed by atoms with E-state index in [2.05, 4.69) is 5.32 Å². The minimum Gasteiger partial charge on any atom is -0.497 e. The van der Waals surface area contributed by atoms with Crippen molar-refractivity contribution < 1.29 is 32.2 Å². The maximum Gasteiger partial charge on any atom is 0.243 e. The van der Waals surface area contributed by atoms with Crippen LogP contribution in [-0.4, -0.2) is 53.6 Å². The van der Waals surface area contributed by atoms with Crippen molar-refractivity contribution in [1.29, 1.82) is 0 Å². The lowest BCUT2D eigenvalue weighted by atomic mass is 10.2. The number of benzene rings is 3. The Morgan fingerprint density at radius 3 is 2.11 bits per heavy atom.